The molecule has 0 fully saturated rings. The Kier molecular flexibility index (Phi) is 17.6. The molecule has 0 aliphatic carbocycles. The Hall–Kier alpha value is -1.30. The summed E-state index contributed by atoms with van der Waals surface area (Å²) in [6.07, 6.45) is 19.4. The van der Waals surface area contributed by atoms with E-state index in [1.807, 2.05) is 19.9 Å². The van der Waals surface area contributed by atoms with Gasteiger partial charge < -0.3 is 0 Å². The van der Waals surface area contributed by atoms with Crippen molar-refractivity contribution >= 4 is 0 Å². The minimum atomic E-state index is 1.07. The van der Waals surface area contributed by atoms with Crippen LogP contribution in [0.25, 0.3) is 0 Å². The summed E-state index contributed by atoms with van der Waals surface area (Å²) < 4.78 is 0. The molecule has 0 saturated heterocycles. The second-order valence-corrected chi connectivity index (χ2v) is 3.90. The molecular formula is C19H32. The van der Waals surface area contributed by atoms with Crippen LogP contribution in [0.3, 0.4) is 0 Å². The molecule has 0 aliphatic rings. The van der Waals surface area contributed by atoms with E-state index in [4.69, 9.17) is 0 Å². The molecule has 0 atom stereocenters. The maximum atomic E-state index is 3.78. The van der Waals surface area contributed by atoms with Crippen LogP contribution in [0.2, 0.25) is 0 Å². The van der Waals surface area contributed by atoms with Crippen LogP contribution in [-0.2, 0) is 0 Å². The first-order valence-corrected chi connectivity index (χ1v) is 7.59. The van der Waals surface area contributed by atoms with E-state index in [2.05, 4.69) is 63.8 Å². The Bertz CT molecular complexity index is 311. The summed E-state index contributed by atoms with van der Waals surface area (Å²) in [5, 5.41) is 0. The van der Waals surface area contributed by atoms with Crippen LogP contribution in [0.1, 0.15) is 60.3 Å². The zero-order valence-electron chi connectivity index (χ0n) is 13.6. The van der Waals surface area contributed by atoms with Gasteiger partial charge in [0.2, 0.25) is 0 Å². The van der Waals surface area contributed by atoms with Crippen LogP contribution in [0.4, 0.5) is 0 Å². The molecule has 0 spiro atoms. The van der Waals surface area contributed by atoms with Gasteiger partial charge in [0.15, 0.2) is 0 Å². The van der Waals surface area contributed by atoms with E-state index in [1.54, 1.807) is 0 Å². The normalized spacial score (nSPS) is 12.7. The first kappa shape index (κ1) is 20.0. The summed E-state index contributed by atoms with van der Waals surface area (Å²) in [4.78, 5) is 0. The van der Waals surface area contributed by atoms with Gasteiger partial charge in [-0.2, -0.15) is 0 Å². The van der Waals surface area contributed by atoms with E-state index in [0.29, 0.717) is 0 Å². The van der Waals surface area contributed by atoms with E-state index in [-0.39, 0.29) is 0 Å². The number of hydrogen-bond donors (Lipinski definition) is 0. The van der Waals surface area contributed by atoms with Gasteiger partial charge in [0.1, 0.15) is 0 Å². The third-order valence-electron chi connectivity index (χ3n) is 2.53. The van der Waals surface area contributed by atoms with Gasteiger partial charge in [-0.15, -0.1) is 0 Å². The molecule has 0 amide bonds. The summed E-state index contributed by atoms with van der Waals surface area (Å²) in [6, 6.07) is 0. The zero-order chi connectivity index (χ0) is 14.9. The molecule has 0 aromatic heterocycles. The van der Waals surface area contributed by atoms with Gasteiger partial charge in [0, 0.05) is 0 Å². The van der Waals surface area contributed by atoms with E-state index in [9.17, 15) is 0 Å². The molecule has 0 aliphatic heterocycles. The van der Waals surface area contributed by atoms with E-state index < -0.39 is 0 Å². The Morgan fingerprint density at radius 3 is 2.11 bits per heavy atom. The predicted molar refractivity (Wildman–Crippen MR) is 91.5 cm³/mol. The Labute approximate surface area is 121 Å². The highest BCUT2D eigenvalue weighted by Crippen LogP contribution is 2.18. The molecule has 0 saturated carbocycles. The van der Waals surface area contributed by atoms with Crippen LogP contribution >= 0.6 is 0 Å². The second-order valence-electron chi connectivity index (χ2n) is 3.90. The van der Waals surface area contributed by atoms with Crippen molar-refractivity contribution in [1.82, 2.24) is 0 Å². The molecule has 19 heavy (non-hydrogen) atoms. The van der Waals surface area contributed by atoms with Gasteiger partial charge in [0.25, 0.3) is 0 Å². The molecule has 0 heteroatoms. The molecule has 0 nitrogen and oxygen atoms in total. The monoisotopic (exact) mass is 260 g/mol. The van der Waals surface area contributed by atoms with Crippen molar-refractivity contribution in [2.24, 2.45) is 0 Å². The molecule has 0 unspecified atom stereocenters. The van der Waals surface area contributed by atoms with Crippen LogP contribution in [0.5, 0.6) is 0 Å². The van der Waals surface area contributed by atoms with Gasteiger partial charge in [-0.05, 0) is 43.8 Å². The quantitative estimate of drug-likeness (QED) is 0.333. The molecule has 108 valence electrons. The summed E-state index contributed by atoms with van der Waals surface area (Å²) in [7, 11) is 0. The highest BCUT2D eigenvalue weighted by atomic mass is 14.0. The summed E-state index contributed by atoms with van der Waals surface area (Å²) in [5.41, 5.74) is 2.68. The lowest BCUT2D eigenvalue weighted by Gasteiger charge is -2.06. The lowest BCUT2D eigenvalue weighted by Crippen LogP contribution is -1.87. The fourth-order valence-electron chi connectivity index (χ4n) is 1.62. The number of allylic oxidation sites excluding steroid dienone is 9. The molecule has 0 bridgehead atoms. The third-order valence-corrected chi connectivity index (χ3v) is 2.53. The first-order valence-electron chi connectivity index (χ1n) is 7.59. The molecule has 0 radical (unpaired) electrons. The van der Waals surface area contributed by atoms with E-state index >= 15 is 0 Å². The lowest BCUT2D eigenvalue weighted by molar-refractivity contribution is 0.981. The standard InChI is InChI=1S/C17H26.C2H6/c1-5-9-11-12-15-16(8-4)17(13-7-3)14-10-6-2;1-2/h7-11,13-14H,3,5-6,12,15H2,1-2,4H3;1-2H3/b11-9-,14-10+,16-8-,17-13-;. The van der Waals surface area contributed by atoms with Crippen LogP contribution < -0.4 is 0 Å². The molecule has 0 N–H and O–H groups in total. The fraction of sp³-hybridized carbons (Fsp3) is 0.474. The highest BCUT2D eigenvalue weighted by Gasteiger charge is 1.99. The van der Waals surface area contributed by atoms with Crippen LogP contribution in [0, 0.1) is 0 Å². The largest absolute Gasteiger partial charge is 0.0990 e. The Morgan fingerprint density at radius 2 is 1.63 bits per heavy atom. The predicted octanol–water partition coefficient (Wildman–Crippen LogP) is 6.78. The lowest BCUT2D eigenvalue weighted by atomic mass is 9.99. The van der Waals surface area contributed by atoms with Gasteiger partial charge >= 0.3 is 0 Å². The summed E-state index contributed by atoms with van der Waals surface area (Å²) >= 11 is 0. The Balaban J connectivity index is 0. The average molecular weight is 260 g/mol. The van der Waals surface area contributed by atoms with Gasteiger partial charge in [-0.1, -0.05) is 76.8 Å². The van der Waals surface area contributed by atoms with Crippen molar-refractivity contribution in [2.75, 3.05) is 0 Å². The minimum absolute atomic E-state index is 1.07. The van der Waals surface area contributed by atoms with Crippen molar-refractivity contribution in [3.63, 3.8) is 0 Å². The smallest absolute Gasteiger partial charge is 0.0231 e. The fourth-order valence-corrected chi connectivity index (χ4v) is 1.62. The highest BCUT2D eigenvalue weighted by molar-refractivity contribution is 5.41. The van der Waals surface area contributed by atoms with Gasteiger partial charge in [-0.3, -0.25) is 0 Å². The maximum absolute atomic E-state index is 3.78. The first-order chi connectivity index (χ1) is 9.29. The Morgan fingerprint density at radius 1 is 1.00 bits per heavy atom. The van der Waals surface area contributed by atoms with E-state index in [0.717, 1.165) is 25.7 Å². The molecule has 0 rings (SSSR count). The van der Waals surface area contributed by atoms with Crippen molar-refractivity contribution in [1.29, 1.82) is 0 Å². The molecule has 0 heterocycles. The van der Waals surface area contributed by atoms with E-state index in [1.165, 1.54) is 11.1 Å². The van der Waals surface area contributed by atoms with Gasteiger partial charge in [0.05, 0.1) is 0 Å². The number of rotatable bonds is 8. The topological polar surface area (TPSA) is 0 Å². The SMILES string of the molecule is C=C/C=C(/C=C/CC)C(=C/C)\CC/C=C\CC.CC. The average Bonchev–Trinajstić information content (AvgIpc) is 2.46. The van der Waals surface area contributed by atoms with Gasteiger partial charge in [-0.25, -0.2) is 0 Å². The van der Waals surface area contributed by atoms with Crippen molar-refractivity contribution in [2.45, 2.75) is 60.3 Å². The van der Waals surface area contributed by atoms with Crippen molar-refractivity contribution < 1.29 is 0 Å². The summed E-state index contributed by atoms with van der Waals surface area (Å²) in [6.45, 7) is 14.2. The van der Waals surface area contributed by atoms with Crippen LogP contribution in [0.15, 0.2) is 60.3 Å². The van der Waals surface area contributed by atoms with Crippen LogP contribution in [-0.4, -0.2) is 0 Å². The minimum Gasteiger partial charge on any atom is -0.0990 e. The van der Waals surface area contributed by atoms with Crippen molar-refractivity contribution in [3.8, 4) is 0 Å². The molecular weight excluding hydrogens is 228 g/mol. The summed E-state index contributed by atoms with van der Waals surface area (Å²) in [5.74, 6) is 0. The zero-order valence-corrected chi connectivity index (χ0v) is 13.6. The maximum Gasteiger partial charge on any atom is -0.0231 e. The molecule has 0 aromatic carbocycles. The van der Waals surface area contributed by atoms with Crippen molar-refractivity contribution in [3.05, 3.63) is 60.3 Å². The third kappa shape index (κ3) is 11.5. The second kappa shape index (κ2) is 16.7. The number of hydrogen-bond acceptors (Lipinski definition) is 0. The molecule has 0 aromatic rings.